The van der Waals surface area contributed by atoms with E-state index in [1.165, 1.54) is 6.92 Å². The molecule has 0 bridgehead atoms. The third-order valence-corrected chi connectivity index (χ3v) is 3.98. The lowest BCUT2D eigenvalue weighted by molar-refractivity contribution is -0.436. The van der Waals surface area contributed by atoms with E-state index >= 15 is 0 Å². The molecule has 0 aromatic rings. The number of rotatable bonds is 2. The van der Waals surface area contributed by atoms with E-state index in [9.17, 15) is 5.11 Å². The van der Waals surface area contributed by atoms with Crippen molar-refractivity contribution >= 4 is 0 Å². The van der Waals surface area contributed by atoms with Crippen molar-refractivity contribution < 1.29 is 35.2 Å². The molecule has 1 aliphatic carbocycles. The van der Waals surface area contributed by atoms with Gasteiger partial charge in [0, 0.05) is 5.92 Å². The second kappa shape index (κ2) is 4.13. The predicted molar refractivity (Wildman–Crippen MR) is 53.8 cm³/mol. The number of hydrogen-bond donors (Lipinski definition) is 3. The van der Waals surface area contributed by atoms with Gasteiger partial charge in [-0.1, -0.05) is 0 Å². The van der Waals surface area contributed by atoms with Crippen LogP contribution in [0, 0.1) is 5.92 Å². The molecule has 7 heteroatoms. The van der Waals surface area contributed by atoms with Crippen LogP contribution in [0.3, 0.4) is 0 Å². The molecule has 1 heterocycles. The van der Waals surface area contributed by atoms with Crippen LogP contribution in [-0.2, 0) is 19.6 Å². The van der Waals surface area contributed by atoms with Crippen molar-refractivity contribution in [2.45, 2.75) is 56.7 Å². The fourth-order valence-corrected chi connectivity index (χ4v) is 2.65. The largest absolute Gasteiger partial charge is 0.390 e. The first kappa shape index (κ1) is 13.2. The van der Waals surface area contributed by atoms with Gasteiger partial charge in [0.15, 0.2) is 11.7 Å². The fraction of sp³-hybridized carbons (Fsp3) is 1.00. The molecule has 0 aromatic carbocycles. The Kier molecular flexibility index (Phi) is 3.20. The Morgan fingerprint density at radius 3 is 2.41 bits per heavy atom. The van der Waals surface area contributed by atoms with Crippen LogP contribution in [0.25, 0.3) is 0 Å². The first-order valence-electron chi connectivity index (χ1n) is 5.52. The van der Waals surface area contributed by atoms with Crippen molar-refractivity contribution in [3.8, 4) is 0 Å². The van der Waals surface area contributed by atoms with E-state index in [0.29, 0.717) is 6.42 Å². The van der Waals surface area contributed by atoms with E-state index in [0.717, 1.165) is 0 Å². The topological polar surface area (TPSA) is 97.6 Å². The van der Waals surface area contributed by atoms with Gasteiger partial charge in [-0.3, -0.25) is 10.5 Å². The van der Waals surface area contributed by atoms with Gasteiger partial charge in [-0.05, 0) is 27.2 Å². The Labute approximate surface area is 98.6 Å². The van der Waals surface area contributed by atoms with Crippen LogP contribution >= 0.6 is 0 Å². The lowest BCUT2D eigenvalue weighted by atomic mass is 9.69. The number of aliphatic hydroxyl groups excluding tert-OH is 1. The van der Waals surface area contributed by atoms with Crippen LogP contribution in [-0.4, -0.2) is 45.1 Å². The maximum atomic E-state index is 10.0. The van der Waals surface area contributed by atoms with Gasteiger partial charge in [-0.15, -0.1) is 0 Å². The molecule has 0 amide bonds. The van der Waals surface area contributed by atoms with E-state index in [1.807, 2.05) is 13.8 Å². The van der Waals surface area contributed by atoms with Crippen molar-refractivity contribution in [1.82, 2.24) is 0 Å². The minimum atomic E-state index is -1.46. The third-order valence-electron chi connectivity index (χ3n) is 3.98. The van der Waals surface area contributed by atoms with Crippen LogP contribution in [0.4, 0.5) is 0 Å². The average molecular weight is 250 g/mol. The highest BCUT2D eigenvalue weighted by Gasteiger charge is 2.62. The molecule has 2 aliphatic rings. The van der Waals surface area contributed by atoms with Crippen molar-refractivity contribution in [2.24, 2.45) is 5.92 Å². The second-order valence-electron chi connectivity index (χ2n) is 5.41. The van der Waals surface area contributed by atoms with E-state index in [2.05, 4.69) is 9.78 Å². The quantitative estimate of drug-likeness (QED) is 0.487. The summed E-state index contributed by atoms with van der Waals surface area (Å²) in [4.78, 5) is 18.9. The van der Waals surface area contributed by atoms with E-state index in [-0.39, 0.29) is 5.92 Å². The average Bonchev–Trinajstić information content (AvgIpc) is 2.57. The van der Waals surface area contributed by atoms with Crippen LogP contribution in [0.1, 0.15) is 27.2 Å². The zero-order chi connectivity index (χ0) is 12.8. The molecule has 1 saturated heterocycles. The molecule has 100 valence electrons. The molecular weight excluding hydrogens is 232 g/mol. The minimum Gasteiger partial charge on any atom is -0.390 e. The maximum Gasteiger partial charge on any atom is 0.158 e. The summed E-state index contributed by atoms with van der Waals surface area (Å²) in [5, 5.41) is 27.9. The zero-order valence-corrected chi connectivity index (χ0v) is 9.99. The molecule has 5 atom stereocenters. The van der Waals surface area contributed by atoms with Gasteiger partial charge in [-0.25, -0.2) is 19.6 Å². The number of fused-ring (bicyclic) bond motifs is 1. The summed E-state index contributed by atoms with van der Waals surface area (Å²) in [6, 6.07) is 0. The normalized spacial score (nSPS) is 49.1. The van der Waals surface area contributed by atoms with Gasteiger partial charge in [0.25, 0.3) is 0 Å². The lowest BCUT2D eigenvalue weighted by Gasteiger charge is -2.45. The summed E-state index contributed by atoms with van der Waals surface area (Å²) in [7, 11) is 0. The Hall–Kier alpha value is -0.280. The van der Waals surface area contributed by atoms with Crippen LogP contribution in [0.2, 0.25) is 0 Å². The van der Waals surface area contributed by atoms with E-state index < -0.39 is 29.5 Å². The van der Waals surface area contributed by atoms with Gasteiger partial charge >= 0.3 is 0 Å². The molecule has 5 unspecified atom stereocenters. The smallest absolute Gasteiger partial charge is 0.158 e. The lowest BCUT2D eigenvalue weighted by Crippen LogP contribution is -2.63. The highest BCUT2D eigenvalue weighted by molar-refractivity contribution is 5.07. The van der Waals surface area contributed by atoms with Crippen molar-refractivity contribution in [1.29, 1.82) is 0 Å². The second-order valence-corrected chi connectivity index (χ2v) is 5.41. The number of hydrogen-bond acceptors (Lipinski definition) is 7. The zero-order valence-electron chi connectivity index (χ0n) is 9.99. The van der Waals surface area contributed by atoms with Crippen LogP contribution in [0.5, 0.6) is 0 Å². The summed E-state index contributed by atoms with van der Waals surface area (Å²) in [6.07, 6.45) is -2.34. The molecule has 2 fully saturated rings. The van der Waals surface area contributed by atoms with Crippen molar-refractivity contribution in [3.05, 3.63) is 0 Å². The molecule has 0 radical (unpaired) electrons. The Bertz CT molecular complexity index is 294. The maximum absolute atomic E-state index is 10.0. The van der Waals surface area contributed by atoms with Crippen molar-refractivity contribution in [2.75, 3.05) is 0 Å². The minimum absolute atomic E-state index is 0.169. The van der Waals surface area contributed by atoms with Crippen LogP contribution in [0.15, 0.2) is 0 Å². The summed E-state index contributed by atoms with van der Waals surface area (Å²) >= 11 is 0. The molecule has 0 spiro atoms. The monoisotopic (exact) mass is 250 g/mol. The van der Waals surface area contributed by atoms with Gasteiger partial charge in [0.1, 0.15) is 11.7 Å². The van der Waals surface area contributed by atoms with Gasteiger partial charge < -0.3 is 5.11 Å². The molecule has 1 aliphatic heterocycles. The SMILES string of the molecule is CC1(C)OOC2C1CC(O)C(C)(OO)C2OO. The molecule has 0 aromatic heterocycles. The first-order valence-corrected chi connectivity index (χ1v) is 5.52. The third kappa shape index (κ3) is 1.78. The highest BCUT2D eigenvalue weighted by atomic mass is 17.2. The molecule has 1 saturated carbocycles. The Morgan fingerprint density at radius 1 is 1.24 bits per heavy atom. The van der Waals surface area contributed by atoms with Gasteiger partial charge in [0.05, 0.1) is 6.10 Å². The summed E-state index contributed by atoms with van der Waals surface area (Å²) in [5.74, 6) is -0.169. The van der Waals surface area contributed by atoms with Crippen LogP contribution < -0.4 is 0 Å². The van der Waals surface area contributed by atoms with E-state index in [1.54, 1.807) is 0 Å². The molecule has 2 rings (SSSR count). The standard InChI is InChI=1S/C10H18O7/c1-9(2)5-4-6(11)10(3,16-13)8(14-12)7(5)15-17-9/h5-8,11-13H,4H2,1-3H3. The fourth-order valence-electron chi connectivity index (χ4n) is 2.65. The Morgan fingerprint density at radius 2 is 1.88 bits per heavy atom. The molecule has 7 nitrogen and oxygen atoms in total. The van der Waals surface area contributed by atoms with Gasteiger partial charge in [-0.2, -0.15) is 0 Å². The summed E-state index contributed by atoms with van der Waals surface area (Å²) in [5.41, 5.74) is -2.06. The number of aliphatic hydroxyl groups is 1. The molecule has 3 N–H and O–H groups in total. The predicted octanol–water partition coefficient (Wildman–Crippen LogP) is 0.583. The summed E-state index contributed by atoms with van der Waals surface area (Å²) < 4.78 is 0. The molecule has 17 heavy (non-hydrogen) atoms. The highest BCUT2D eigenvalue weighted by Crippen LogP contribution is 2.47. The molecular formula is C10H18O7. The van der Waals surface area contributed by atoms with Gasteiger partial charge in [0.2, 0.25) is 0 Å². The summed E-state index contributed by atoms with van der Waals surface area (Å²) in [6.45, 7) is 5.08. The first-order chi connectivity index (χ1) is 7.86. The van der Waals surface area contributed by atoms with Crippen molar-refractivity contribution in [3.63, 3.8) is 0 Å². The van der Waals surface area contributed by atoms with E-state index in [4.69, 9.17) is 20.3 Å². The Balaban J connectivity index is 2.31.